The van der Waals surface area contributed by atoms with Crippen LogP contribution in [0.1, 0.15) is 46.5 Å². The highest BCUT2D eigenvalue weighted by atomic mass is 16.2. The molecule has 4 nitrogen and oxygen atoms in total. The fourth-order valence-corrected chi connectivity index (χ4v) is 2.83. The van der Waals surface area contributed by atoms with E-state index in [-0.39, 0.29) is 29.8 Å². The Balaban J connectivity index is 2.15. The van der Waals surface area contributed by atoms with Crippen molar-refractivity contribution in [3.63, 3.8) is 0 Å². The predicted molar refractivity (Wildman–Crippen MR) is 69.9 cm³/mol. The maximum Gasteiger partial charge on any atom is 0.245 e. The van der Waals surface area contributed by atoms with Crippen LogP contribution >= 0.6 is 0 Å². The lowest BCUT2D eigenvalue weighted by molar-refractivity contribution is -0.152. The lowest BCUT2D eigenvalue weighted by Gasteiger charge is -2.43. The molecule has 0 aromatic carbocycles. The Morgan fingerprint density at radius 3 is 2.56 bits per heavy atom. The highest BCUT2D eigenvalue weighted by Crippen LogP contribution is 2.30. The molecule has 0 radical (unpaired) electrons. The molecule has 2 amide bonds. The Morgan fingerprint density at radius 2 is 2.06 bits per heavy atom. The molecule has 0 spiro atoms. The summed E-state index contributed by atoms with van der Waals surface area (Å²) in [4.78, 5) is 26.3. The third-order valence-electron chi connectivity index (χ3n) is 4.48. The normalized spacial score (nSPS) is 30.9. The molecule has 0 aromatic heterocycles. The number of piperazine rings is 1. The first-order valence-electron chi connectivity index (χ1n) is 7.15. The fourth-order valence-electron chi connectivity index (χ4n) is 2.83. The van der Waals surface area contributed by atoms with Crippen LogP contribution in [0.3, 0.4) is 0 Å². The Morgan fingerprint density at radius 1 is 1.39 bits per heavy atom. The van der Waals surface area contributed by atoms with Gasteiger partial charge in [-0.3, -0.25) is 9.59 Å². The molecule has 1 N–H and O–H groups in total. The van der Waals surface area contributed by atoms with Crippen molar-refractivity contribution < 1.29 is 9.59 Å². The minimum atomic E-state index is -0.363. The van der Waals surface area contributed by atoms with Crippen molar-refractivity contribution in [3.05, 3.63) is 0 Å². The highest BCUT2D eigenvalue weighted by Gasteiger charge is 2.42. The largest absolute Gasteiger partial charge is 0.343 e. The molecule has 4 heteroatoms. The van der Waals surface area contributed by atoms with E-state index >= 15 is 0 Å². The van der Waals surface area contributed by atoms with Crippen LogP contribution in [-0.2, 0) is 9.59 Å². The maximum absolute atomic E-state index is 12.3. The number of carbonyl (C=O) groups excluding carboxylic acids is 2. The number of carbonyl (C=O) groups is 2. The SMILES string of the molecule is CCC(C)C1C(=O)NC(C)C(=O)N1CC1CCC1. The summed E-state index contributed by atoms with van der Waals surface area (Å²) in [5.74, 6) is 0.947. The molecule has 18 heavy (non-hydrogen) atoms. The van der Waals surface area contributed by atoms with Crippen molar-refractivity contribution in [2.75, 3.05) is 6.54 Å². The van der Waals surface area contributed by atoms with Gasteiger partial charge in [-0.05, 0) is 31.6 Å². The number of rotatable bonds is 4. The number of hydrogen-bond donors (Lipinski definition) is 1. The zero-order valence-corrected chi connectivity index (χ0v) is 11.6. The summed E-state index contributed by atoms with van der Waals surface area (Å²) in [5.41, 5.74) is 0. The number of hydrogen-bond acceptors (Lipinski definition) is 2. The summed E-state index contributed by atoms with van der Waals surface area (Å²) in [5, 5.41) is 2.80. The number of nitrogens with zero attached hydrogens (tertiary/aromatic N) is 1. The fraction of sp³-hybridized carbons (Fsp3) is 0.857. The quantitative estimate of drug-likeness (QED) is 0.825. The first kappa shape index (κ1) is 13.4. The number of nitrogens with one attached hydrogen (secondary N) is 1. The molecule has 0 bridgehead atoms. The van der Waals surface area contributed by atoms with E-state index in [1.165, 1.54) is 19.3 Å². The molecule has 1 saturated carbocycles. The second-order valence-corrected chi connectivity index (χ2v) is 5.85. The first-order valence-corrected chi connectivity index (χ1v) is 7.15. The summed E-state index contributed by atoms with van der Waals surface area (Å²) >= 11 is 0. The van der Waals surface area contributed by atoms with Crippen LogP contribution < -0.4 is 5.32 Å². The van der Waals surface area contributed by atoms with Crippen molar-refractivity contribution in [1.29, 1.82) is 0 Å². The van der Waals surface area contributed by atoms with Gasteiger partial charge in [-0.2, -0.15) is 0 Å². The van der Waals surface area contributed by atoms with Crippen LogP contribution in [-0.4, -0.2) is 35.3 Å². The molecule has 2 rings (SSSR count). The second kappa shape index (κ2) is 5.29. The smallest absolute Gasteiger partial charge is 0.245 e. The summed E-state index contributed by atoms with van der Waals surface area (Å²) in [6.07, 6.45) is 4.59. The van der Waals surface area contributed by atoms with Crippen molar-refractivity contribution in [2.45, 2.75) is 58.5 Å². The molecule has 3 unspecified atom stereocenters. The van der Waals surface area contributed by atoms with E-state index in [2.05, 4.69) is 19.2 Å². The van der Waals surface area contributed by atoms with Crippen molar-refractivity contribution in [3.8, 4) is 0 Å². The zero-order chi connectivity index (χ0) is 13.3. The van der Waals surface area contributed by atoms with E-state index in [0.717, 1.165) is 13.0 Å². The van der Waals surface area contributed by atoms with Crippen LogP contribution in [0.15, 0.2) is 0 Å². The molecule has 1 aliphatic carbocycles. The average Bonchev–Trinajstić information content (AvgIpc) is 2.28. The second-order valence-electron chi connectivity index (χ2n) is 5.85. The molecular weight excluding hydrogens is 228 g/mol. The minimum absolute atomic E-state index is 0.0239. The van der Waals surface area contributed by atoms with Crippen LogP contribution in [0, 0.1) is 11.8 Å². The van der Waals surface area contributed by atoms with Gasteiger partial charge in [-0.25, -0.2) is 0 Å². The molecule has 1 saturated heterocycles. The predicted octanol–water partition coefficient (Wildman–Crippen LogP) is 1.55. The summed E-state index contributed by atoms with van der Waals surface area (Å²) < 4.78 is 0. The summed E-state index contributed by atoms with van der Waals surface area (Å²) in [6, 6.07) is -0.628. The lowest BCUT2D eigenvalue weighted by Crippen LogP contribution is -2.65. The molecule has 102 valence electrons. The third-order valence-corrected chi connectivity index (χ3v) is 4.48. The molecule has 2 aliphatic rings. The van der Waals surface area contributed by atoms with E-state index in [1.54, 1.807) is 6.92 Å². The number of amides is 2. The van der Waals surface area contributed by atoms with Crippen molar-refractivity contribution in [2.24, 2.45) is 11.8 Å². The van der Waals surface area contributed by atoms with Crippen LogP contribution in [0.25, 0.3) is 0 Å². The topological polar surface area (TPSA) is 49.4 Å². The zero-order valence-electron chi connectivity index (χ0n) is 11.6. The van der Waals surface area contributed by atoms with E-state index in [4.69, 9.17) is 0 Å². The standard InChI is InChI=1S/C14H24N2O2/c1-4-9(2)12-13(17)15-10(3)14(18)16(12)8-11-6-5-7-11/h9-12H,4-8H2,1-3H3,(H,15,17). The van der Waals surface area contributed by atoms with E-state index in [9.17, 15) is 9.59 Å². The van der Waals surface area contributed by atoms with E-state index in [1.807, 2.05) is 4.90 Å². The van der Waals surface area contributed by atoms with Gasteiger partial charge < -0.3 is 10.2 Å². The van der Waals surface area contributed by atoms with Crippen LogP contribution in [0.4, 0.5) is 0 Å². The first-order chi connectivity index (χ1) is 8.54. The van der Waals surface area contributed by atoms with Gasteiger partial charge in [0.1, 0.15) is 12.1 Å². The van der Waals surface area contributed by atoms with Crippen LogP contribution in [0.5, 0.6) is 0 Å². The van der Waals surface area contributed by atoms with Gasteiger partial charge in [-0.15, -0.1) is 0 Å². The minimum Gasteiger partial charge on any atom is -0.343 e. The average molecular weight is 252 g/mol. The van der Waals surface area contributed by atoms with Gasteiger partial charge in [0, 0.05) is 6.54 Å². The van der Waals surface area contributed by atoms with Gasteiger partial charge in [-0.1, -0.05) is 26.7 Å². The summed E-state index contributed by atoms with van der Waals surface area (Å²) in [7, 11) is 0. The van der Waals surface area contributed by atoms with Gasteiger partial charge in [0.2, 0.25) is 11.8 Å². The lowest BCUT2D eigenvalue weighted by atomic mass is 9.83. The van der Waals surface area contributed by atoms with Crippen molar-refractivity contribution >= 4 is 11.8 Å². The molecule has 1 aliphatic heterocycles. The Hall–Kier alpha value is -1.06. The molecule has 0 aromatic rings. The summed E-state index contributed by atoms with van der Waals surface area (Å²) in [6.45, 7) is 6.68. The maximum atomic E-state index is 12.3. The van der Waals surface area contributed by atoms with Gasteiger partial charge in [0.15, 0.2) is 0 Å². The molecule has 2 fully saturated rings. The molecule has 3 atom stereocenters. The van der Waals surface area contributed by atoms with Gasteiger partial charge in [0.05, 0.1) is 0 Å². The van der Waals surface area contributed by atoms with Crippen LogP contribution in [0.2, 0.25) is 0 Å². The van der Waals surface area contributed by atoms with Gasteiger partial charge >= 0.3 is 0 Å². The van der Waals surface area contributed by atoms with E-state index < -0.39 is 0 Å². The molecule has 1 heterocycles. The highest BCUT2D eigenvalue weighted by molar-refractivity contribution is 5.96. The third kappa shape index (κ3) is 2.38. The van der Waals surface area contributed by atoms with Crippen molar-refractivity contribution in [1.82, 2.24) is 10.2 Å². The Labute approximate surface area is 109 Å². The molecular formula is C14H24N2O2. The Kier molecular flexibility index (Phi) is 3.93. The Bertz CT molecular complexity index is 339. The van der Waals surface area contributed by atoms with E-state index in [0.29, 0.717) is 5.92 Å². The monoisotopic (exact) mass is 252 g/mol. The van der Waals surface area contributed by atoms with Gasteiger partial charge in [0.25, 0.3) is 0 Å².